The zero-order chi connectivity index (χ0) is 22.3. The molecule has 1 saturated heterocycles. The number of carbonyl (C=O) groups is 2. The van der Waals surface area contributed by atoms with Crippen LogP contribution in [0.25, 0.3) is 11.1 Å². The Balaban J connectivity index is 1.35. The summed E-state index contributed by atoms with van der Waals surface area (Å²) >= 11 is 0. The molecule has 1 atom stereocenters. The van der Waals surface area contributed by atoms with Gasteiger partial charge in [-0.3, -0.25) is 9.69 Å². The van der Waals surface area contributed by atoms with E-state index in [2.05, 4.69) is 5.32 Å². The highest BCUT2D eigenvalue weighted by Gasteiger charge is 2.35. The van der Waals surface area contributed by atoms with Gasteiger partial charge in [0.1, 0.15) is 18.4 Å². The second-order valence-electron chi connectivity index (χ2n) is 7.69. The minimum Gasteiger partial charge on any atom is -0.497 e. The van der Waals surface area contributed by atoms with Crippen molar-refractivity contribution in [3.8, 4) is 16.9 Å². The molecule has 6 nitrogen and oxygen atoms in total. The van der Waals surface area contributed by atoms with E-state index >= 15 is 0 Å². The molecule has 3 aromatic carbocycles. The normalized spacial score (nSPS) is 15.3. The molecule has 1 N–H and O–H groups in total. The highest BCUT2D eigenvalue weighted by Crippen LogP contribution is 2.25. The van der Waals surface area contributed by atoms with Crippen LogP contribution in [0.3, 0.4) is 0 Å². The van der Waals surface area contributed by atoms with Crippen LogP contribution in [0, 0.1) is 0 Å². The topological polar surface area (TPSA) is 67.9 Å². The van der Waals surface area contributed by atoms with E-state index in [1.807, 2.05) is 78.9 Å². The molecule has 164 valence electrons. The molecule has 0 bridgehead atoms. The lowest BCUT2D eigenvalue weighted by atomic mass is 10.1. The third-order valence-corrected chi connectivity index (χ3v) is 5.57. The van der Waals surface area contributed by atoms with Gasteiger partial charge in [-0.25, -0.2) is 4.79 Å². The van der Waals surface area contributed by atoms with E-state index < -0.39 is 12.1 Å². The standard InChI is InChI=1S/C26H26N2O4/c1-31-23-15-11-21(12-16-23)20-9-13-22(14-10-20)27-25(29)24-8-5-17-28(24)26(30)32-18-19-6-3-2-4-7-19/h2-4,6-7,9-16,24H,5,8,17-18H2,1H3,(H,27,29). The van der Waals surface area contributed by atoms with E-state index in [1.165, 1.54) is 4.90 Å². The SMILES string of the molecule is COc1ccc(-c2ccc(NC(=O)C3CCCN3C(=O)OCc3ccccc3)cc2)cc1. The third kappa shape index (κ3) is 5.09. The van der Waals surface area contributed by atoms with Crippen molar-refractivity contribution in [3.63, 3.8) is 0 Å². The predicted molar refractivity (Wildman–Crippen MR) is 123 cm³/mol. The fraction of sp³-hybridized carbons (Fsp3) is 0.231. The smallest absolute Gasteiger partial charge is 0.410 e. The van der Waals surface area contributed by atoms with Gasteiger partial charge in [-0.05, 0) is 53.8 Å². The largest absolute Gasteiger partial charge is 0.497 e. The van der Waals surface area contributed by atoms with Crippen LogP contribution in [-0.4, -0.2) is 36.6 Å². The Hall–Kier alpha value is -3.80. The van der Waals surface area contributed by atoms with Crippen molar-refractivity contribution >= 4 is 17.7 Å². The van der Waals surface area contributed by atoms with Crippen molar-refractivity contribution < 1.29 is 19.1 Å². The maximum absolute atomic E-state index is 12.9. The number of carbonyl (C=O) groups excluding carboxylic acids is 2. The van der Waals surface area contributed by atoms with Crippen LogP contribution >= 0.6 is 0 Å². The van der Waals surface area contributed by atoms with Crippen molar-refractivity contribution in [2.45, 2.75) is 25.5 Å². The Bertz CT molecular complexity index is 1050. The molecule has 1 heterocycles. The summed E-state index contributed by atoms with van der Waals surface area (Å²) in [5.74, 6) is 0.609. The molecule has 6 heteroatoms. The van der Waals surface area contributed by atoms with Crippen molar-refractivity contribution in [3.05, 3.63) is 84.4 Å². The molecule has 4 rings (SSSR count). The number of ether oxygens (including phenoxy) is 2. The first-order valence-electron chi connectivity index (χ1n) is 10.7. The zero-order valence-corrected chi connectivity index (χ0v) is 18.0. The molecular formula is C26H26N2O4. The average Bonchev–Trinajstić information content (AvgIpc) is 3.34. The van der Waals surface area contributed by atoms with Crippen LogP contribution in [0.15, 0.2) is 78.9 Å². The summed E-state index contributed by atoms with van der Waals surface area (Å²) in [7, 11) is 1.64. The monoisotopic (exact) mass is 430 g/mol. The number of likely N-dealkylation sites (tertiary alicyclic amines) is 1. The number of anilines is 1. The summed E-state index contributed by atoms with van der Waals surface area (Å²) in [6, 6.07) is 24.4. The number of benzene rings is 3. The maximum Gasteiger partial charge on any atom is 0.410 e. The van der Waals surface area contributed by atoms with Gasteiger partial charge < -0.3 is 14.8 Å². The lowest BCUT2D eigenvalue weighted by molar-refractivity contribution is -0.120. The summed E-state index contributed by atoms with van der Waals surface area (Å²) in [5, 5.41) is 2.93. The molecule has 3 aromatic rings. The predicted octanol–water partition coefficient (Wildman–Crippen LogP) is 5.10. The van der Waals surface area contributed by atoms with Crippen molar-refractivity contribution in [1.82, 2.24) is 4.90 Å². The molecule has 0 spiro atoms. The van der Waals surface area contributed by atoms with Gasteiger partial charge in [0.2, 0.25) is 5.91 Å². The van der Waals surface area contributed by atoms with Crippen molar-refractivity contribution in [2.75, 3.05) is 19.0 Å². The summed E-state index contributed by atoms with van der Waals surface area (Å²) in [5.41, 5.74) is 3.71. The Morgan fingerprint density at radius 1 is 0.938 bits per heavy atom. The van der Waals surface area contributed by atoms with E-state index in [0.29, 0.717) is 18.7 Å². The first-order valence-corrected chi connectivity index (χ1v) is 10.7. The fourth-order valence-electron chi connectivity index (χ4n) is 3.82. The van der Waals surface area contributed by atoms with Crippen molar-refractivity contribution in [2.24, 2.45) is 0 Å². The van der Waals surface area contributed by atoms with Crippen LogP contribution in [0.2, 0.25) is 0 Å². The molecule has 1 aliphatic heterocycles. The second-order valence-corrected chi connectivity index (χ2v) is 7.69. The molecule has 1 unspecified atom stereocenters. The van der Waals surface area contributed by atoms with Gasteiger partial charge in [-0.15, -0.1) is 0 Å². The van der Waals surface area contributed by atoms with Crippen LogP contribution in [0.4, 0.5) is 10.5 Å². The van der Waals surface area contributed by atoms with Gasteiger partial charge in [-0.1, -0.05) is 54.6 Å². The summed E-state index contributed by atoms with van der Waals surface area (Å²) in [6.45, 7) is 0.708. The zero-order valence-electron chi connectivity index (χ0n) is 18.0. The van der Waals surface area contributed by atoms with Gasteiger partial charge >= 0.3 is 6.09 Å². The number of rotatable bonds is 6. The van der Waals surface area contributed by atoms with E-state index in [4.69, 9.17) is 9.47 Å². The molecule has 0 aliphatic carbocycles. The Morgan fingerprint density at radius 3 is 2.25 bits per heavy atom. The number of nitrogens with zero attached hydrogens (tertiary/aromatic N) is 1. The Labute approximate surface area is 187 Å². The highest BCUT2D eigenvalue weighted by atomic mass is 16.6. The minimum atomic E-state index is -0.528. The van der Waals surface area contributed by atoms with Gasteiger partial charge in [0, 0.05) is 12.2 Å². The van der Waals surface area contributed by atoms with Gasteiger partial charge in [0.05, 0.1) is 7.11 Å². The summed E-state index contributed by atoms with van der Waals surface area (Å²) < 4.78 is 10.6. The number of hydrogen-bond acceptors (Lipinski definition) is 4. The van der Waals surface area contributed by atoms with E-state index in [9.17, 15) is 9.59 Å². The highest BCUT2D eigenvalue weighted by molar-refractivity contribution is 5.97. The minimum absolute atomic E-state index is 0.192. The molecule has 1 fully saturated rings. The van der Waals surface area contributed by atoms with Crippen molar-refractivity contribution in [1.29, 1.82) is 0 Å². The number of nitrogens with one attached hydrogen (secondary N) is 1. The number of amides is 2. The Kier molecular flexibility index (Phi) is 6.70. The van der Waals surface area contributed by atoms with Gasteiger partial charge in [-0.2, -0.15) is 0 Å². The lowest BCUT2D eigenvalue weighted by Crippen LogP contribution is -2.43. The number of hydrogen-bond donors (Lipinski definition) is 1. The first kappa shape index (κ1) is 21.4. The molecular weight excluding hydrogens is 404 g/mol. The fourth-order valence-corrected chi connectivity index (χ4v) is 3.82. The van der Waals surface area contributed by atoms with Crippen LogP contribution in [0.1, 0.15) is 18.4 Å². The van der Waals surface area contributed by atoms with Gasteiger partial charge in [0.15, 0.2) is 0 Å². The molecule has 2 amide bonds. The summed E-state index contributed by atoms with van der Waals surface area (Å²) in [6.07, 6.45) is 0.937. The van der Waals surface area contributed by atoms with Gasteiger partial charge in [0.25, 0.3) is 0 Å². The molecule has 0 aromatic heterocycles. The molecule has 0 radical (unpaired) electrons. The maximum atomic E-state index is 12.9. The van der Waals surface area contributed by atoms with Crippen LogP contribution in [0.5, 0.6) is 5.75 Å². The first-order chi connectivity index (χ1) is 15.6. The van der Waals surface area contributed by atoms with Crippen LogP contribution in [-0.2, 0) is 16.1 Å². The average molecular weight is 431 g/mol. The van der Waals surface area contributed by atoms with E-state index in [-0.39, 0.29) is 12.5 Å². The number of methoxy groups -OCH3 is 1. The second kappa shape index (κ2) is 10.0. The Morgan fingerprint density at radius 2 is 1.59 bits per heavy atom. The summed E-state index contributed by atoms with van der Waals surface area (Å²) in [4.78, 5) is 26.9. The molecule has 1 aliphatic rings. The lowest BCUT2D eigenvalue weighted by Gasteiger charge is -2.23. The van der Waals surface area contributed by atoms with E-state index in [1.54, 1.807) is 7.11 Å². The van der Waals surface area contributed by atoms with E-state index in [0.717, 1.165) is 28.9 Å². The quantitative estimate of drug-likeness (QED) is 0.591. The molecule has 32 heavy (non-hydrogen) atoms. The van der Waals surface area contributed by atoms with Crippen LogP contribution < -0.4 is 10.1 Å². The molecule has 0 saturated carbocycles. The third-order valence-electron chi connectivity index (χ3n) is 5.57.